The van der Waals surface area contributed by atoms with E-state index in [2.05, 4.69) is 5.32 Å². The Kier molecular flexibility index (Phi) is 5.95. The maximum atomic E-state index is 13.1. The van der Waals surface area contributed by atoms with Crippen molar-refractivity contribution in [1.82, 2.24) is 4.90 Å². The number of anilines is 1. The molecule has 0 aliphatic rings. The van der Waals surface area contributed by atoms with Crippen LogP contribution in [0.1, 0.15) is 13.8 Å². The molecule has 0 heterocycles. The van der Waals surface area contributed by atoms with E-state index >= 15 is 0 Å². The standard InChI is InChI=1S/C14H19FN2O4/c1-9(2)7-17(8-13(18)19)14(20)16-11-5-4-10(15)6-12(11)21-3/h4-6,9H,7-8H2,1-3H3,(H,16,20)(H,18,19). The fraction of sp³-hybridized carbons (Fsp3) is 0.429. The van der Waals surface area contributed by atoms with Gasteiger partial charge in [0.05, 0.1) is 12.8 Å². The molecule has 0 saturated heterocycles. The lowest BCUT2D eigenvalue weighted by Crippen LogP contribution is -2.41. The molecule has 6 nitrogen and oxygen atoms in total. The Morgan fingerprint density at radius 3 is 2.62 bits per heavy atom. The molecule has 1 aromatic rings. The first-order valence-corrected chi connectivity index (χ1v) is 6.44. The van der Waals surface area contributed by atoms with Gasteiger partial charge in [-0.2, -0.15) is 0 Å². The zero-order chi connectivity index (χ0) is 16.0. The number of nitrogens with one attached hydrogen (secondary N) is 1. The molecule has 0 atom stereocenters. The maximum absolute atomic E-state index is 13.1. The fourth-order valence-corrected chi connectivity index (χ4v) is 1.79. The number of amides is 2. The van der Waals surface area contributed by atoms with Crippen LogP contribution in [0.5, 0.6) is 5.75 Å². The molecule has 0 aliphatic heterocycles. The predicted octanol–water partition coefficient (Wildman–Crippen LogP) is 2.41. The second-order valence-electron chi connectivity index (χ2n) is 4.94. The van der Waals surface area contributed by atoms with Crippen LogP contribution >= 0.6 is 0 Å². The number of nitrogens with zero attached hydrogens (tertiary/aromatic N) is 1. The largest absolute Gasteiger partial charge is 0.494 e. The first-order valence-electron chi connectivity index (χ1n) is 6.44. The molecule has 0 bridgehead atoms. The van der Waals surface area contributed by atoms with E-state index in [-0.39, 0.29) is 17.4 Å². The molecule has 116 valence electrons. The number of halogens is 1. The molecule has 21 heavy (non-hydrogen) atoms. The number of urea groups is 1. The van der Waals surface area contributed by atoms with Crippen LogP contribution in [-0.4, -0.2) is 42.2 Å². The number of benzene rings is 1. The molecule has 0 unspecified atom stereocenters. The summed E-state index contributed by atoms with van der Waals surface area (Å²) < 4.78 is 18.1. The second-order valence-corrected chi connectivity index (χ2v) is 4.94. The molecule has 0 aliphatic carbocycles. The van der Waals surface area contributed by atoms with Gasteiger partial charge in [-0.05, 0) is 18.1 Å². The zero-order valence-electron chi connectivity index (χ0n) is 12.2. The third-order valence-corrected chi connectivity index (χ3v) is 2.60. The Morgan fingerprint density at radius 1 is 1.43 bits per heavy atom. The number of ether oxygens (including phenoxy) is 1. The lowest BCUT2D eigenvalue weighted by Gasteiger charge is -2.23. The topological polar surface area (TPSA) is 78.9 Å². The first kappa shape index (κ1) is 16.7. The van der Waals surface area contributed by atoms with Crippen LogP contribution in [0.25, 0.3) is 0 Å². The quantitative estimate of drug-likeness (QED) is 0.845. The van der Waals surface area contributed by atoms with E-state index in [9.17, 15) is 14.0 Å². The van der Waals surface area contributed by atoms with E-state index in [0.717, 1.165) is 6.07 Å². The molecule has 1 rings (SSSR count). The van der Waals surface area contributed by atoms with Gasteiger partial charge in [0.25, 0.3) is 0 Å². The second kappa shape index (κ2) is 7.47. The van der Waals surface area contributed by atoms with Crippen molar-refractivity contribution in [3.05, 3.63) is 24.0 Å². The van der Waals surface area contributed by atoms with Gasteiger partial charge in [-0.25, -0.2) is 9.18 Å². The van der Waals surface area contributed by atoms with Crippen molar-refractivity contribution in [3.8, 4) is 5.75 Å². The van der Waals surface area contributed by atoms with E-state index in [0.29, 0.717) is 6.54 Å². The van der Waals surface area contributed by atoms with Gasteiger partial charge >= 0.3 is 12.0 Å². The normalized spacial score (nSPS) is 10.3. The van der Waals surface area contributed by atoms with E-state index in [1.54, 1.807) is 0 Å². The average molecular weight is 298 g/mol. The molecule has 0 aromatic heterocycles. The minimum atomic E-state index is -1.10. The van der Waals surface area contributed by atoms with Crippen molar-refractivity contribution in [2.75, 3.05) is 25.5 Å². The average Bonchev–Trinajstić information content (AvgIpc) is 2.38. The van der Waals surface area contributed by atoms with Gasteiger partial charge in [-0.1, -0.05) is 13.8 Å². The molecule has 2 amide bonds. The summed E-state index contributed by atoms with van der Waals surface area (Å²) in [4.78, 5) is 24.1. The molecular weight excluding hydrogens is 279 g/mol. The van der Waals surface area contributed by atoms with Crippen LogP contribution in [0.15, 0.2) is 18.2 Å². The highest BCUT2D eigenvalue weighted by atomic mass is 19.1. The van der Waals surface area contributed by atoms with E-state index in [1.165, 1.54) is 24.1 Å². The Labute approximate surface area is 122 Å². The molecule has 0 saturated carbocycles. The molecule has 0 fully saturated rings. The smallest absolute Gasteiger partial charge is 0.323 e. The number of aliphatic carboxylic acids is 1. The molecule has 0 spiro atoms. The number of methoxy groups -OCH3 is 1. The van der Waals surface area contributed by atoms with Crippen LogP contribution in [0.3, 0.4) is 0 Å². The summed E-state index contributed by atoms with van der Waals surface area (Å²) in [5.41, 5.74) is 0.281. The minimum Gasteiger partial charge on any atom is -0.494 e. The zero-order valence-corrected chi connectivity index (χ0v) is 12.2. The molecule has 2 N–H and O–H groups in total. The van der Waals surface area contributed by atoms with Crippen LogP contribution in [-0.2, 0) is 4.79 Å². The lowest BCUT2D eigenvalue weighted by molar-refractivity contribution is -0.137. The third kappa shape index (κ3) is 5.29. The van der Waals surface area contributed by atoms with Crippen molar-refractivity contribution >= 4 is 17.7 Å². The highest BCUT2D eigenvalue weighted by Gasteiger charge is 2.19. The SMILES string of the molecule is COc1cc(F)ccc1NC(=O)N(CC(=O)O)CC(C)C. The summed E-state index contributed by atoms with van der Waals surface area (Å²) >= 11 is 0. The number of carboxylic acid groups (broad SMARTS) is 1. The summed E-state index contributed by atoms with van der Waals surface area (Å²) in [7, 11) is 1.35. The van der Waals surface area contributed by atoms with Gasteiger partial charge in [-0.15, -0.1) is 0 Å². The van der Waals surface area contributed by atoms with Crippen molar-refractivity contribution in [3.63, 3.8) is 0 Å². The number of carboxylic acids is 1. The van der Waals surface area contributed by atoms with Crippen LogP contribution in [0, 0.1) is 11.7 Å². The summed E-state index contributed by atoms with van der Waals surface area (Å²) in [5.74, 6) is -1.31. The van der Waals surface area contributed by atoms with Gasteiger partial charge in [0, 0.05) is 12.6 Å². The van der Waals surface area contributed by atoms with Gasteiger partial charge in [0.2, 0.25) is 0 Å². The van der Waals surface area contributed by atoms with E-state index in [1.807, 2.05) is 13.8 Å². The fourth-order valence-electron chi connectivity index (χ4n) is 1.79. The van der Waals surface area contributed by atoms with E-state index in [4.69, 9.17) is 9.84 Å². The Hall–Kier alpha value is -2.31. The van der Waals surface area contributed by atoms with E-state index < -0.39 is 24.4 Å². The number of carbonyl (C=O) groups excluding carboxylic acids is 1. The van der Waals surface area contributed by atoms with Crippen LogP contribution < -0.4 is 10.1 Å². The summed E-state index contributed by atoms with van der Waals surface area (Å²) in [5, 5.41) is 11.4. The van der Waals surface area contributed by atoms with Crippen LogP contribution in [0.4, 0.5) is 14.9 Å². The van der Waals surface area contributed by atoms with Gasteiger partial charge < -0.3 is 20.1 Å². The minimum absolute atomic E-state index is 0.116. The molecule has 1 aromatic carbocycles. The van der Waals surface area contributed by atoms with Crippen molar-refractivity contribution in [1.29, 1.82) is 0 Å². The van der Waals surface area contributed by atoms with Gasteiger partial charge in [0.15, 0.2) is 0 Å². The number of hydrogen-bond donors (Lipinski definition) is 2. The molecular formula is C14H19FN2O4. The highest BCUT2D eigenvalue weighted by molar-refractivity contribution is 5.92. The number of carbonyl (C=O) groups is 2. The van der Waals surface area contributed by atoms with Crippen molar-refractivity contribution < 1.29 is 23.8 Å². The Morgan fingerprint density at radius 2 is 2.10 bits per heavy atom. The lowest BCUT2D eigenvalue weighted by atomic mass is 10.2. The third-order valence-electron chi connectivity index (χ3n) is 2.60. The Bertz CT molecular complexity index is 520. The van der Waals surface area contributed by atoms with Crippen molar-refractivity contribution in [2.45, 2.75) is 13.8 Å². The summed E-state index contributed by atoms with van der Waals surface area (Å²) in [6.07, 6.45) is 0. The number of rotatable bonds is 6. The predicted molar refractivity (Wildman–Crippen MR) is 76.0 cm³/mol. The Balaban J connectivity index is 2.87. The number of hydrogen-bond acceptors (Lipinski definition) is 3. The molecule has 7 heteroatoms. The first-order chi connectivity index (χ1) is 9.83. The monoisotopic (exact) mass is 298 g/mol. The van der Waals surface area contributed by atoms with Gasteiger partial charge in [0.1, 0.15) is 18.1 Å². The van der Waals surface area contributed by atoms with Crippen molar-refractivity contribution in [2.24, 2.45) is 5.92 Å². The van der Waals surface area contributed by atoms with Crippen LogP contribution in [0.2, 0.25) is 0 Å². The molecule has 0 radical (unpaired) electrons. The summed E-state index contributed by atoms with van der Waals surface area (Å²) in [6.45, 7) is 3.64. The maximum Gasteiger partial charge on any atom is 0.323 e. The van der Waals surface area contributed by atoms with Gasteiger partial charge in [-0.3, -0.25) is 4.79 Å². The summed E-state index contributed by atoms with van der Waals surface area (Å²) in [6, 6.07) is 3.11. The highest BCUT2D eigenvalue weighted by Crippen LogP contribution is 2.25.